The van der Waals surface area contributed by atoms with Crippen molar-refractivity contribution < 1.29 is 0 Å². The number of para-hydroxylation sites is 1. The number of likely N-dealkylation sites (N-methyl/N-ethyl adjacent to an activating group) is 1. The molecule has 1 aliphatic heterocycles. The van der Waals surface area contributed by atoms with E-state index in [0.29, 0.717) is 6.04 Å². The van der Waals surface area contributed by atoms with Crippen LogP contribution in [-0.4, -0.2) is 35.6 Å². The second-order valence-electron chi connectivity index (χ2n) is 6.06. The van der Waals surface area contributed by atoms with Crippen LogP contribution in [0.4, 0.5) is 0 Å². The summed E-state index contributed by atoms with van der Waals surface area (Å²) in [5, 5.41) is 4.90. The number of piperidine rings is 1. The molecular weight excluding hydrogens is 246 g/mol. The van der Waals surface area contributed by atoms with Crippen LogP contribution in [-0.2, 0) is 13.6 Å². The lowest BCUT2D eigenvalue weighted by atomic mass is 10.1. The zero-order valence-electron chi connectivity index (χ0n) is 12.8. The number of rotatable bonds is 3. The van der Waals surface area contributed by atoms with E-state index in [4.69, 9.17) is 0 Å². The highest BCUT2D eigenvalue weighted by atomic mass is 15.2. The zero-order valence-corrected chi connectivity index (χ0v) is 12.8. The van der Waals surface area contributed by atoms with Gasteiger partial charge in [-0.2, -0.15) is 0 Å². The summed E-state index contributed by atoms with van der Waals surface area (Å²) in [5.74, 6) is 0. The summed E-state index contributed by atoms with van der Waals surface area (Å²) in [5.41, 5.74) is 4.22. The molecule has 1 aromatic heterocycles. The number of hydrogen-bond donors (Lipinski definition) is 1. The van der Waals surface area contributed by atoms with Crippen LogP contribution in [0.3, 0.4) is 0 Å². The molecule has 1 N–H and O–H groups in total. The van der Waals surface area contributed by atoms with E-state index >= 15 is 0 Å². The van der Waals surface area contributed by atoms with Gasteiger partial charge in [-0.25, -0.2) is 0 Å². The van der Waals surface area contributed by atoms with Crippen molar-refractivity contribution in [3.63, 3.8) is 0 Å². The zero-order chi connectivity index (χ0) is 14.1. The van der Waals surface area contributed by atoms with Crippen molar-refractivity contribution in [2.24, 2.45) is 7.05 Å². The van der Waals surface area contributed by atoms with Crippen LogP contribution in [0.2, 0.25) is 0 Å². The molecule has 1 aliphatic rings. The second-order valence-corrected chi connectivity index (χ2v) is 6.06. The lowest BCUT2D eigenvalue weighted by Gasteiger charge is -2.32. The van der Waals surface area contributed by atoms with E-state index in [1.165, 1.54) is 41.5 Å². The molecule has 3 nitrogen and oxygen atoms in total. The molecular formula is C17H25N3. The van der Waals surface area contributed by atoms with Gasteiger partial charge in [-0.15, -0.1) is 0 Å². The molecule has 1 unspecified atom stereocenters. The van der Waals surface area contributed by atoms with Crippen LogP contribution in [0.15, 0.2) is 24.3 Å². The number of aryl methyl sites for hydroxylation is 2. The summed E-state index contributed by atoms with van der Waals surface area (Å²) in [6.45, 7) is 5.59. The molecule has 0 bridgehead atoms. The molecule has 0 amide bonds. The highest BCUT2D eigenvalue weighted by molar-refractivity contribution is 5.85. The summed E-state index contributed by atoms with van der Waals surface area (Å²) in [4.78, 5) is 2.51. The molecule has 0 radical (unpaired) electrons. The molecule has 1 aromatic carbocycles. The van der Waals surface area contributed by atoms with Crippen LogP contribution < -0.4 is 5.32 Å². The minimum Gasteiger partial charge on any atom is -0.346 e. The van der Waals surface area contributed by atoms with Gasteiger partial charge in [0, 0.05) is 42.8 Å². The molecule has 3 rings (SSSR count). The molecule has 0 spiro atoms. The lowest BCUT2D eigenvalue weighted by molar-refractivity contribution is 0.192. The van der Waals surface area contributed by atoms with Crippen molar-refractivity contribution >= 4 is 10.9 Å². The van der Waals surface area contributed by atoms with Gasteiger partial charge >= 0.3 is 0 Å². The molecule has 2 aromatic rings. The maximum atomic E-state index is 3.51. The average Bonchev–Trinajstić information content (AvgIpc) is 2.74. The Bertz CT molecular complexity index is 555. The highest BCUT2D eigenvalue weighted by Gasteiger charge is 2.20. The first-order chi connectivity index (χ1) is 9.68. The van der Waals surface area contributed by atoms with Gasteiger partial charge < -0.3 is 9.88 Å². The molecule has 1 saturated heterocycles. The Hall–Kier alpha value is -1.32. The van der Waals surface area contributed by atoms with Crippen molar-refractivity contribution in [2.45, 2.75) is 32.4 Å². The van der Waals surface area contributed by atoms with Crippen LogP contribution in [0.1, 0.15) is 24.1 Å². The minimum absolute atomic E-state index is 0.668. The quantitative estimate of drug-likeness (QED) is 0.926. The van der Waals surface area contributed by atoms with Gasteiger partial charge in [-0.3, -0.25) is 4.90 Å². The van der Waals surface area contributed by atoms with Gasteiger partial charge in [0.2, 0.25) is 0 Å². The fourth-order valence-corrected chi connectivity index (χ4v) is 3.44. The predicted molar refractivity (Wildman–Crippen MR) is 85.0 cm³/mol. The van der Waals surface area contributed by atoms with E-state index in [2.05, 4.69) is 60.1 Å². The van der Waals surface area contributed by atoms with Crippen molar-refractivity contribution in [3.8, 4) is 0 Å². The third-order valence-corrected chi connectivity index (χ3v) is 4.80. The SMILES string of the molecule is Cc1c(CN(C)C2CCCNC2)n(C)c2ccccc12. The normalized spacial score (nSPS) is 19.9. The summed E-state index contributed by atoms with van der Waals surface area (Å²) in [6.07, 6.45) is 2.61. The van der Waals surface area contributed by atoms with Crippen molar-refractivity contribution in [1.29, 1.82) is 0 Å². The fourth-order valence-electron chi connectivity index (χ4n) is 3.44. The van der Waals surface area contributed by atoms with Crippen molar-refractivity contribution in [1.82, 2.24) is 14.8 Å². The maximum absolute atomic E-state index is 3.51. The molecule has 1 atom stereocenters. The standard InChI is InChI=1S/C17H25N3/c1-13-15-8-4-5-9-16(15)20(3)17(13)12-19(2)14-7-6-10-18-11-14/h4-5,8-9,14,18H,6-7,10-12H2,1-3H3. The number of nitrogens with one attached hydrogen (secondary N) is 1. The molecule has 1 fully saturated rings. The van der Waals surface area contributed by atoms with Gasteiger partial charge in [-0.1, -0.05) is 18.2 Å². The van der Waals surface area contributed by atoms with Gasteiger partial charge in [-0.05, 0) is 45.0 Å². The molecule has 108 valence electrons. The lowest BCUT2D eigenvalue weighted by Crippen LogP contribution is -2.44. The first kappa shape index (κ1) is 13.7. The number of fused-ring (bicyclic) bond motifs is 1. The summed E-state index contributed by atoms with van der Waals surface area (Å²) < 4.78 is 2.36. The third kappa shape index (κ3) is 2.36. The van der Waals surface area contributed by atoms with E-state index in [-0.39, 0.29) is 0 Å². The van der Waals surface area contributed by atoms with Crippen LogP contribution in [0.25, 0.3) is 10.9 Å². The Kier molecular flexibility index (Phi) is 3.81. The Morgan fingerprint density at radius 3 is 2.85 bits per heavy atom. The number of nitrogens with zero attached hydrogens (tertiary/aromatic N) is 2. The third-order valence-electron chi connectivity index (χ3n) is 4.80. The van der Waals surface area contributed by atoms with E-state index in [1.807, 2.05) is 0 Å². The van der Waals surface area contributed by atoms with Crippen molar-refractivity contribution in [3.05, 3.63) is 35.5 Å². The van der Waals surface area contributed by atoms with E-state index in [9.17, 15) is 0 Å². The minimum atomic E-state index is 0.668. The summed E-state index contributed by atoms with van der Waals surface area (Å²) in [7, 11) is 4.45. The summed E-state index contributed by atoms with van der Waals surface area (Å²) in [6, 6.07) is 9.37. The molecule has 0 aliphatic carbocycles. The first-order valence-electron chi connectivity index (χ1n) is 7.62. The Balaban J connectivity index is 1.86. The fraction of sp³-hybridized carbons (Fsp3) is 0.529. The predicted octanol–water partition coefficient (Wildman–Crippen LogP) is 2.67. The second kappa shape index (κ2) is 5.58. The molecule has 20 heavy (non-hydrogen) atoms. The Morgan fingerprint density at radius 2 is 2.15 bits per heavy atom. The number of aromatic nitrogens is 1. The highest BCUT2D eigenvalue weighted by Crippen LogP contribution is 2.26. The molecule has 2 heterocycles. The van der Waals surface area contributed by atoms with Crippen LogP contribution in [0, 0.1) is 6.92 Å². The van der Waals surface area contributed by atoms with Crippen LogP contribution >= 0.6 is 0 Å². The number of benzene rings is 1. The number of hydrogen-bond acceptors (Lipinski definition) is 2. The summed E-state index contributed by atoms with van der Waals surface area (Å²) >= 11 is 0. The smallest absolute Gasteiger partial charge is 0.0483 e. The van der Waals surface area contributed by atoms with E-state index < -0.39 is 0 Å². The topological polar surface area (TPSA) is 20.2 Å². The van der Waals surface area contributed by atoms with Gasteiger partial charge in [0.05, 0.1) is 0 Å². The Morgan fingerprint density at radius 1 is 1.35 bits per heavy atom. The van der Waals surface area contributed by atoms with Crippen molar-refractivity contribution in [2.75, 3.05) is 20.1 Å². The van der Waals surface area contributed by atoms with Gasteiger partial charge in [0.15, 0.2) is 0 Å². The molecule has 0 saturated carbocycles. The van der Waals surface area contributed by atoms with E-state index in [0.717, 1.165) is 13.1 Å². The largest absolute Gasteiger partial charge is 0.346 e. The van der Waals surface area contributed by atoms with Gasteiger partial charge in [0.25, 0.3) is 0 Å². The maximum Gasteiger partial charge on any atom is 0.0483 e. The average molecular weight is 271 g/mol. The Labute approximate surface area is 121 Å². The van der Waals surface area contributed by atoms with E-state index in [1.54, 1.807) is 0 Å². The van der Waals surface area contributed by atoms with Gasteiger partial charge in [0.1, 0.15) is 0 Å². The monoisotopic (exact) mass is 271 g/mol. The first-order valence-corrected chi connectivity index (χ1v) is 7.62. The van der Waals surface area contributed by atoms with Crippen LogP contribution in [0.5, 0.6) is 0 Å². The molecule has 3 heteroatoms.